The molecule has 0 heterocycles. The molecule has 0 radical (unpaired) electrons. The molecule has 0 spiro atoms. The van der Waals surface area contributed by atoms with Crippen molar-refractivity contribution in [2.45, 2.75) is 47.1 Å². The molecule has 2 aromatic rings. The molecule has 0 aliphatic carbocycles. The molecule has 0 aliphatic rings. The fraction of sp³-hybridized carbons (Fsp3) is 0.417. The Morgan fingerprint density at radius 3 is 2.28 bits per heavy atom. The van der Waals surface area contributed by atoms with Crippen molar-refractivity contribution in [2.24, 2.45) is 0 Å². The number of amides is 2. The summed E-state index contributed by atoms with van der Waals surface area (Å²) in [6.45, 7) is 11.5. The second-order valence-corrected chi connectivity index (χ2v) is 7.85. The molecule has 2 atom stereocenters. The molecule has 0 aromatic heterocycles. The van der Waals surface area contributed by atoms with E-state index in [1.54, 1.807) is 0 Å². The van der Waals surface area contributed by atoms with Crippen LogP contribution >= 0.6 is 0 Å². The first-order chi connectivity index (χ1) is 13.8. The van der Waals surface area contributed by atoms with Crippen LogP contribution in [0.5, 0.6) is 0 Å². The smallest absolute Gasteiger partial charge is 0.279 e. The van der Waals surface area contributed by atoms with Gasteiger partial charge in [0.2, 0.25) is 0 Å². The van der Waals surface area contributed by atoms with Gasteiger partial charge in [-0.25, -0.2) is 0 Å². The molecule has 2 amide bonds. The highest BCUT2D eigenvalue weighted by atomic mass is 16.2. The highest BCUT2D eigenvalue weighted by molar-refractivity contribution is 5.92. The number of hydrogen-bond acceptors (Lipinski definition) is 2. The lowest BCUT2D eigenvalue weighted by atomic mass is 10.0. The van der Waals surface area contributed by atoms with Crippen LogP contribution in [0.3, 0.4) is 0 Å². The van der Waals surface area contributed by atoms with E-state index in [0.29, 0.717) is 0 Å². The lowest BCUT2D eigenvalue weighted by Gasteiger charge is -2.20. The summed E-state index contributed by atoms with van der Waals surface area (Å²) in [4.78, 5) is 26.0. The largest absolute Gasteiger partial charge is 0.345 e. The van der Waals surface area contributed by atoms with Gasteiger partial charge < -0.3 is 15.5 Å². The first-order valence-electron chi connectivity index (χ1n) is 10.4. The highest BCUT2D eigenvalue weighted by Crippen LogP contribution is 2.16. The lowest BCUT2D eigenvalue weighted by molar-refractivity contribution is -0.883. The quantitative estimate of drug-likeness (QED) is 0.610. The Kier molecular flexibility index (Phi) is 8.40. The zero-order valence-electron chi connectivity index (χ0n) is 18.3. The lowest BCUT2D eigenvalue weighted by Crippen LogP contribution is -3.14. The molecular formula is C24H34N3O2+. The minimum absolute atomic E-state index is 0.0390. The number of nitrogens with one attached hydrogen (secondary N) is 3. The predicted molar refractivity (Wildman–Crippen MR) is 118 cm³/mol. The fourth-order valence-corrected chi connectivity index (χ4v) is 3.36. The molecule has 0 saturated carbocycles. The summed E-state index contributed by atoms with van der Waals surface area (Å²) in [5.74, 6) is -0.111. The van der Waals surface area contributed by atoms with Gasteiger partial charge in [0, 0.05) is 5.69 Å². The van der Waals surface area contributed by atoms with Gasteiger partial charge >= 0.3 is 0 Å². The average molecular weight is 397 g/mol. The number of quaternary nitrogens is 1. The number of benzene rings is 2. The van der Waals surface area contributed by atoms with Crippen LogP contribution in [0.1, 0.15) is 48.6 Å². The van der Waals surface area contributed by atoms with E-state index >= 15 is 0 Å². The van der Waals surface area contributed by atoms with E-state index < -0.39 is 0 Å². The van der Waals surface area contributed by atoms with Gasteiger partial charge in [-0.3, -0.25) is 9.59 Å². The molecular weight excluding hydrogens is 362 g/mol. The molecule has 0 saturated heterocycles. The SMILES string of the molecule is CCC[NH+](CC(=O)Nc1ccccc1C)CC(=O)N[C@H](C)c1ccc(C)c(C)c1. The van der Waals surface area contributed by atoms with E-state index in [9.17, 15) is 9.59 Å². The Bertz CT molecular complexity index is 848. The number of hydrogen-bond donors (Lipinski definition) is 3. The van der Waals surface area contributed by atoms with Gasteiger partial charge in [-0.15, -0.1) is 0 Å². The van der Waals surface area contributed by atoms with Crippen LogP contribution in [0.2, 0.25) is 0 Å². The zero-order chi connectivity index (χ0) is 21.4. The predicted octanol–water partition coefficient (Wildman–Crippen LogP) is 2.72. The Morgan fingerprint density at radius 2 is 1.62 bits per heavy atom. The third kappa shape index (κ3) is 7.02. The van der Waals surface area contributed by atoms with Crippen LogP contribution in [0.4, 0.5) is 5.69 Å². The third-order valence-corrected chi connectivity index (χ3v) is 5.25. The van der Waals surface area contributed by atoms with Crippen molar-refractivity contribution in [2.75, 3.05) is 25.0 Å². The van der Waals surface area contributed by atoms with Crippen molar-refractivity contribution < 1.29 is 14.5 Å². The molecule has 1 unspecified atom stereocenters. The van der Waals surface area contributed by atoms with Crippen molar-refractivity contribution in [3.05, 3.63) is 64.7 Å². The average Bonchev–Trinajstić information content (AvgIpc) is 2.65. The maximum Gasteiger partial charge on any atom is 0.279 e. The standard InChI is InChI=1S/C24H33N3O2/c1-6-13-27(16-24(29)26-22-10-8-7-9-18(22)3)15-23(28)25-20(5)21-12-11-17(2)19(4)14-21/h7-12,14,20H,6,13,15-16H2,1-5H3,(H,25,28)(H,26,29)/p+1/t20-/m1/s1. The van der Waals surface area contributed by atoms with Gasteiger partial charge in [0.1, 0.15) is 0 Å². The number of rotatable bonds is 9. The van der Waals surface area contributed by atoms with Gasteiger partial charge in [0.25, 0.3) is 11.8 Å². The van der Waals surface area contributed by atoms with Gasteiger partial charge in [0.05, 0.1) is 12.6 Å². The summed E-state index contributed by atoms with van der Waals surface area (Å²) in [7, 11) is 0. The first-order valence-corrected chi connectivity index (χ1v) is 10.4. The molecule has 2 aromatic carbocycles. The minimum Gasteiger partial charge on any atom is -0.345 e. The van der Waals surface area contributed by atoms with Crippen molar-refractivity contribution in [1.82, 2.24) is 5.32 Å². The molecule has 0 aliphatic heterocycles. The maximum atomic E-state index is 12.6. The van der Waals surface area contributed by atoms with Crippen molar-refractivity contribution in [1.29, 1.82) is 0 Å². The molecule has 29 heavy (non-hydrogen) atoms. The topological polar surface area (TPSA) is 62.6 Å². The zero-order valence-corrected chi connectivity index (χ0v) is 18.3. The summed E-state index contributed by atoms with van der Waals surface area (Å²) in [6, 6.07) is 13.9. The van der Waals surface area contributed by atoms with E-state index in [1.165, 1.54) is 11.1 Å². The Labute approximate surface area is 174 Å². The van der Waals surface area contributed by atoms with Gasteiger partial charge in [0.15, 0.2) is 13.1 Å². The van der Waals surface area contributed by atoms with Crippen molar-refractivity contribution >= 4 is 17.5 Å². The highest BCUT2D eigenvalue weighted by Gasteiger charge is 2.19. The summed E-state index contributed by atoms with van der Waals surface area (Å²) in [5, 5.41) is 6.03. The summed E-state index contributed by atoms with van der Waals surface area (Å²) < 4.78 is 0. The van der Waals surface area contributed by atoms with E-state index in [-0.39, 0.29) is 30.9 Å². The fourth-order valence-electron chi connectivity index (χ4n) is 3.36. The van der Waals surface area contributed by atoms with Gasteiger partial charge in [-0.2, -0.15) is 0 Å². The Balaban J connectivity index is 1.92. The molecule has 0 bridgehead atoms. The van der Waals surface area contributed by atoms with Crippen LogP contribution < -0.4 is 15.5 Å². The van der Waals surface area contributed by atoms with E-state index in [2.05, 4.69) is 49.6 Å². The maximum absolute atomic E-state index is 12.6. The molecule has 3 N–H and O–H groups in total. The number of carbonyl (C=O) groups is 2. The van der Waals surface area contributed by atoms with E-state index in [1.807, 2.05) is 38.1 Å². The number of para-hydroxylation sites is 1. The monoisotopic (exact) mass is 396 g/mol. The van der Waals surface area contributed by atoms with Crippen LogP contribution in [-0.2, 0) is 9.59 Å². The van der Waals surface area contributed by atoms with Crippen molar-refractivity contribution in [3.8, 4) is 0 Å². The van der Waals surface area contributed by atoms with Crippen LogP contribution in [-0.4, -0.2) is 31.4 Å². The number of anilines is 1. The molecule has 0 fully saturated rings. The van der Waals surface area contributed by atoms with Gasteiger partial charge in [-0.1, -0.05) is 43.3 Å². The third-order valence-electron chi connectivity index (χ3n) is 5.25. The van der Waals surface area contributed by atoms with Crippen molar-refractivity contribution in [3.63, 3.8) is 0 Å². The second-order valence-electron chi connectivity index (χ2n) is 7.85. The first kappa shape index (κ1) is 22.6. The van der Waals surface area contributed by atoms with Crippen LogP contribution in [0, 0.1) is 20.8 Å². The summed E-state index contributed by atoms with van der Waals surface area (Å²) in [5.41, 5.74) is 5.40. The van der Waals surface area contributed by atoms with Crippen LogP contribution in [0.15, 0.2) is 42.5 Å². The summed E-state index contributed by atoms with van der Waals surface area (Å²) in [6.07, 6.45) is 0.910. The molecule has 2 rings (SSSR count). The van der Waals surface area contributed by atoms with Crippen LogP contribution in [0.25, 0.3) is 0 Å². The molecule has 5 nitrogen and oxygen atoms in total. The Hall–Kier alpha value is -2.66. The molecule has 5 heteroatoms. The number of aryl methyl sites for hydroxylation is 3. The van der Waals surface area contributed by atoms with E-state index in [4.69, 9.17) is 0 Å². The normalized spacial score (nSPS) is 12.9. The molecule has 156 valence electrons. The van der Waals surface area contributed by atoms with Gasteiger partial charge in [-0.05, 0) is 62.4 Å². The minimum atomic E-state index is -0.0715. The second kappa shape index (κ2) is 10.8. The van der Waals surface area contributed by atoms with E-state index in [0.717, 1.165) is 34.7 Å². The summed E-state index contributed by atoms with van der Waals surface area (Å²) >= 11 is 0. The Morgan fingerprint density at radius 1 is 0.931 bits per heavy atom. The number of carbonyl (C=O) groups excluding carboxylic acids is 2.